The van der Waals surface area contributed by atoms with Gasteiger partial charge in [0.25, 0.3) is 11.8 Å². The van der Waals surface area contributed by atoms with Crippen molar-refractivity contribution in [3.63, 3.8) is 0 Å². The summed E-state index contributed by atoms with van der Waals surface area (Å²) < 4.78 is 5.07. The van der Waals surface area contributed by atoms with Crippen LogP contribution >= 0.6 is 0 Å². The van der Waals surface area contributed by atoms with Gasteiger partial charge in [-0.05, 0) is 36.9 Å². The van der Waals surface area contributed by atoms with Gasteiger partial charge in [-0.15, -0.1) is 0 Å². The minimum absolute atomic E-state index is 0.0481. The smallest absolute Gasteiger partial charge is 0.257 e. The zero-order valence-electron chi connectivity index (χ0n) is 15.0. The Labute approximate surface area is 153 Å². The summed E-state index contributed by atoms with van der Waals surface area (Å²) >= 11 is 0. The molecule has 0 radical (unpaired) electrons. The van der Waals surface area contributed by atoms with Gasteiger partial charge in [-0.2, -0.15) is 0 Å². The lowest BCUT2D eigenvalue weighted by atomic mass is 10.2. The SMILES string of the molecule is COc1ccc(NCC(=O)NNC(=O)CN(C)Cc2ccccc2)cc1. The van der Waals surface area contributed by atoms with Gasteiger partial charge in [-0.1, -0.05) is 30.3 Å². The fraction of sp³-hybridized carbons (Fsp3) is 0.263. The van der Waals surface area contributed by atoms with E-state index in [-0.39, 0.29) is 24.9 Å². The molecule has 0 aliphatic heterocycles. The number of hydrogen-bond donors (Lipinski definition) is 3. The van der Waals surface area contributed by atoms with Crippen LogP contribution < -0.4 is 20.9 Å². The number of anilines is 1. The molecule has 2 aromatic carbocycles. The summed E-state index contributed by atoms with van der Waals surface area (Å²) in [5.74, 6) is 0.132. The number of methoxy groups -OCH3 is 1. The van der Waals surface area contributed by atoms with Crippen molar-refractivity contribution in [1.82, 2.24) is 15.8 Å². The number of likely N-dealkylation sites (N-methyl/N-ethyl adjacent to an activating group) is 1. The number of hydrogen-bond acceptors (Lipinski definition) is 5. The Bertz CT molecular complexity index is 704. The van der Waals surface area contributed by atoms with Crippen molar-refractivity contribution < 1.29 is 14.3 Å². The van der Waals surface area contributed by atoms with E-state index in [1.54, 1.807) is 19.2 Å². The van der Waals surface area contributed by atoms with Crippen molar-refractivity contribution in [3.05, 3.63) is 60.2 Å². The van der Waals surface area contributed by atoms with Crippen LogP contribution in [0.4, 0.5) is 5.69 Å². The normalized spacial score (nSPS) is 10.3. The molecule has 2 rings (SSSR count). The Kier molecular flexibility index (Phi) is 7.45. The molecule has 0 heterocycles. The molecular weight excluding hydrogens is 332 g/mol. The first-order chi connectivity index (χ1) is 12.6. The standard InChI is InChI=1S/C19H24N4O3/c1-23(13-15-6-4-3-5-7-15)14-19(25)22-21-18(24)12-20-16-8-10-17(26-2)11-9-16/h3-11,20H,12-14H2,1-2H3,(H,21,24)(H,22,25). The van der Waals surface area contributed by atoms with Gasteiger partial charge in [0.2, 0.25) is 0 Å². The molecular formula is C19H24N4O3. The number of ether oxygens (including phenoxy) is 1. The largest absolute Gasteiger partial charge is 0.497 e. The van der Waals surface area contributed by atoms with E-state index in [0.717, 1.165) is 17.0 Å². The van der Waals surface area contributed by atoms with E-state index in [1.165, 1.54) is 0 Å². The average Bonchev–Trinajstić information content (AvgIpc) is 2.65. The number of carbonyl (C=O) groups is 2. The topological polar surface area (TPSA) is 82.7 Å². The molecule has 26 heavy (non-hydrogen) atoms. The van der Waals surface area contributed by atoms with Crippen molar-refractivity contribution in [2.75, 3.05) is 32.6 Å². The van der Waals surface area contributed by atoms with Gasteiger partial charge in [-0.25, -0.2) is 0 Å². The van der Waals surface area contributed by atoms with Crippen molar-refractivity contribution in [2.24, 2.45) is 0 Å². The molecule has 0 saturated carbocycles. The number of carbonyl (C=O) groups excluding carboxylic acids is 2. The van der Waals surface area contributed by atoms with Gasteiger partial charge in [0.1, 0.15) is 5.75 Å². The van der Waals surface area contributed by atoms with Gasteiger partial charge >= 0.3 is 0 Å². The molecule has 2 amide bonds. The van der Waals surface area contributed by atoms with E-state index in [2.05, 4.69) is 16.2 Å². The Morgan fingerprint density at radius 2 is 1.62 bits per heavy atom. The highest BCUT2D eigenvalue weighted by atomic mass is 16.5. The number of hydrazine groups is 1. The van der Waals surface area contributed by atoms with Gasteiger partial charge < -0.3 is 10.1 Å². The van der Waals surface area contributed by atoms with Crippen LogP contribution in [0.1, 0.15) is 5.56 Å². The molecule has 0 spiro atoms. The van der Waals surface area contributed by atoms with Crippen molar-refractivity contribution in [3.8, 4) is 5.75 Å². The number of benzene rings is 2. The van der Waals surface area contributed by atoms with E-state index in [4.69, 9.17) is 4.74 Å². The van der Waals surface area contributed by atoms with Gasteiger partial charge in [-0.3, -0.25) is 25.3 Å². The summed E-state index contributed by atoms with van der Waals surface area (Å²) in [6, 6.07) is 17.1. The van der Waals surface area contributed by atoms with E-state index in [9.17, 15) is 9.59 Å². The van der Waals surface area contributed by atoms with E-state index < -0.39 is 0 Å². The van der Waals surface area contributed by atoms with Gasteiger partial charge in [0.15, 0.2) is 0 Å². The van der Waals surface area contributed by atoms with Crippen LogP contribution in [0, 0.1) is 0 Å². The number of amides is 2. The average molecular weight is 356 g/mol. The maximum Gasteiger partial charge on any atom is 0.257 e. The molecule has 0 atom stereocenters. The quantitative estimate of drug-likeness (QED) is 0.623. The Morgan fingerprint density at radius 1 is 0.962 bits per heavy atom. The van der Waals surface area contributed by atoms with Crippen LogP contribution in [0.3, 0.4) is 0 Å². The Balaban J connectivity index is 1.65. The van der Waals surface area contributed by atoms with Gasteiger partial charge in [0.05, 0.1) is 20.2 Å². The molecule has 0 aliphatic rings. The lowest BCUT2D eigenvalue weighted by molar-refractivity contribution is -0.128. The number of nitrogens with one attached hydrogen (secondary N) is 3. The first-order valence-corrected chi connectivity index (χ1v) is 8.25. The number of rotatable bonds is 8. The predicted molar refractivity (Wildman–Crippen MR) is 101 cm³/mol. The highest BCUT2D eigenvalue weighted by molar-refractivity contribution is 5.85. The minimum Gasteiger partial charge on any atom is -0.497 e. The van der Waals surface area contributed by atoms with E-state index in [1.807, 2.05) is 54.4 Å². The summed E-state index contributed by atoms with van der Waals surface area (Å²) in [6.45, 7) is 0.884. The molecule has 138 valence electrons. The second-order valence-corrected chi connectivity index (χ2v) is 5.84. The first kappa shape index (κ1) is 19.3. The maximum absolute atomic E-state index is 11.9. The highest BCUT2D eigenvalue weighted by Crippen LogP contribution is 2.14. The summed E-state index contributed by atoms with van der Waals surface area (Å²) in [4.78, 5) is 25.6. The zero-order valence-corrected chi connectivity index (χ0v) is 15.0. The Morgan fingerprint density at radius 3 is 2.27 bits per heavy atom. The maximum atomic E-state index is 11.9. The summed E-state index contributed by atoms with van der Waals surface area (Å²) in [5.41, 5.74) is 6.71. The first-order valence-electron chi connectivity index (χ1n) is 8.25. The zero-order chi connectivity index (χ0) is 18.8. The fourth-order valence-corrected chi connectivity index (χ4v) is 2.31. The van der Waals surface area contributed by atoms with Crippen molar-refractivity contribution in [2.45, 2.75) is 6.54 Å². The second kappa shape index (κ2) is 10.0. The van der Waals surface area contributed by atoms with Crippen LogP contribution in [0.15, 0.2) is 54.6 Å². The molecule has 3 N–H and O–H groups in total. The highest BCUT2D eigenvalue weighted by Gasteiger charge is 2.08. The molecule has 7 nitrogen and oxygen atoms in total. The molecule has 2 aromatic rings. The summed E-state index contributed by atoms with van der Waals surface area (Å²) in [7, 11) is 3.44. The lowest BCUT2D eigenvalue weighted by Gasteiger charge is -2.16. The molecule has 0 fully saturated rings. The van der Waals surface area contributed by atoms with Crippen LogP contribution in [-0.2, 0) is 16.1 Å². The molecule has 7 heteroatoms. The second-order valence-electron chi connectivity index (χ2n) is 5.84. The van der Waals surface area contributed by atoms with Crippen molar-refractivity contribution in [1.29, 1.82) is 0 Å². The third-order valence-corrected chi connectivity index (χ3v) is 3.59. The lowest BCUT2D eigenvalue weighted by Crippen LogP contribution is -2.47. The third-order valence-electron chi connectivity index (χ3n) is 3.59. The molecule has 0 bridgehead atoms. The molecule has 0 aromatic heterocycles. The van der Waals surface area contributed by atoms with Gasteiger partial charge in [0, 0.05) is 12.2 Å². The predicted octanol–water partition coefficient (Wildman–Crippen LogP) is 1.39. The fourth-order valence-electron chi connectivity index (χ4n) is 2.31. The monoisotopic (exact) mass is 356 g/mol. The van der Waals surface area contributed by atoms with Crippen molar-refractivity contribution >= 4 is 17.5 Å². The van der Waals surface area contributed by atoms with E-state index in [0.29, 0.717) is 6.54 Å². The van der Waals surface area contributed by atoms with Crippen LogP contribution in [0.2, 0.25) is 0 Å². The van der Waals surface area contributed by atoms with Crippen LogP contribution in [0.25, 0.3) is 0 Å². The molecule has 0 saturated heterocycles. The summed E-state index contributed by atoms with van der Waals surface area (Å²) in [5, 5.41) is 2.96. The van der Waals surface area contributed by atoms with Crippen LogP contribution in [-0.4, -0.2) is 44.0 Å². The van der Waals surface area contributed by atoms with Crippen LogP contribution in [0.5, 0.6) is 5.75 Å². The van der Waals surface area contributed by atoms with E-state index >= 15 is 0 Å². The summed E-state index contributed by atoms with van der Waals surface area (Å²) in [6.07, 6.45) is 0. The molecule has 0 aliphatic carbocycles. The minimum atomic E-state index is -0.333. The number of nitrogens with zero attached hydrogens (tertiary/aromatic N) is 1. The molecule has 0 unspecified atom stereocenters. The third kappa shape index (κ3) is 6.82. The Hall–Kier alpha value is -3.06.